The molecule has 0 radical (unpaired) electrons. The van der Waals surface area contributed by atoms with Crippen molar-refractivity contribution in [3.8, 4) is 0 Å². The van der Waals surface area contributed by atoms with Crippen LogP contribution in [0.1, 0.15) is 52.4 Å². The highest BCUT2D eigenvalue weighted by molar-refractivity contribution is 14.1. The molecule has 3 saturated carbocycles. The minimum absolute atomic E-state index is 0.0558. The number of hydrogen-bond donors (Lipinski definition) is 2. The van der Waals surface area contributed by atoms with Crippen LogP contribution in [0.25, 0.3) is 0 Å². The Morgan fingerprint density at radius 3 is 2.55 bits per heavy atom. The zero-order valence-corrected chi connectivity index (χ0v) is 19.9. The lowest BCUT2D eigenvalue weighted by molar-refractivity contribution is -0.137. The molecule has 4 atom stereocenters. The molecule has 2 N–H and O–H groups in total. The number of hydrogen-bond acceptors (Lipinski definition) is 3. The standard InChI is InChI=1S/C22H30INO4S/c1-22(2)15-13-19(22)18(7-5-3-4-6-8-21(25)26)20(14-15)24-29(27,28)17-11-9-16(23)10-12-17/h3,5,9-12,15,18-20,24H,4,6-8,13-14H2,1-2H3,(H,25,26)/b5-3+/t15-,18-,19-,20+/m1/s1. The molecule has 3 aliphatic rings. The third-order valence-electron chi connectivity index (χ3n) is 6.89. The van der Waals surface area contributed by atoms with Crippen LogP contribution in [0.15, 0.2) is 41.3 Å². The molecular formula is C22H30INO4S. The lowest BCUT2D eigenvalue weighted by Gasteiger charge is -2.62. The molecule has 5 nitrogen and oxygen atoms in total. The van der Waals surface area contributed by atoms with E-state index < -0.39 is 16.0 Å². The molecule has 3 aliphatic carbocycles. The smallest absolute Gasteiger partial charge is 0.303 e. The quantitative estimate of drug-likeness (QED) is 0.272. The lowest BCUT2D eigenvalue weighted by Crippen LogP contribution is -2.61. The highest BCUT2D eigenvalue weighted by Gasteiger charge is 2.57. The Kier molecular flexibility index (Phi) is 7.10. The van der Waals surface area contributed by atoms with Gasteiger partial charge < -0.3 is 5.11 Å². The first-order valence-corrected chi connectivity index (χ1v) is 12.8. The Labute approximate surface area is 187 Å². The number of allylic oxidation sites excluding steroid dienone is 2. The number of rotatable bonds is 9. The van der Waals surface area contributed by atoms with E-state index in [1.165, 1.54) is 6.42 Å². The van der Waals surface area contributed by atoms with E-state index in [-0.39, 0.29) is 23.8 Å². The van der Waals surface area contributed by atoms with E-state index in [0.29, 0.717) is 23.2 Å². The minimum Gasteiger partial charge on any atom is -0.481 e. The number of aliphatic carboxylic acids is 1. The Bertz CT molecular complexity index is 863. The average molecular weight is 531 g/mol. The van der Waals surface area contributed by atoms with Gasteiger partial charge in [-0.05, 0) is 102 Å². The van der Waals surface area contributed by atoms with Crippen molar-refractivity contribution in [2.75, 3.05) is 0 Å². The maximum atomic E-state index is 12.9. The van der Waals surface area contributed by atoms with E-state index in [0.717, 1.165) is 22.8 Å². The third kappa shape index (κ3) is 5.22. The molecule has 2 bridgehead atoms. The number of carbonyl (C=O) groups is 1. The lowest BCUT2D eigenvalue weighted by atomic mass is 9.44. The summed E-state index contributed by atoms with van der Waals surface area (Å²) >= 11 is 2.17. The summed E-state index contributed by atoms with van der Waals surface area (Å²) in [7, 11) is -3.54. The summed E-state index contributed by atoms with van der Waals surface area (Å²) < 4.78 is 29.9. The van der Waals surface area contributed by atoms with E-state index in [2.05, 4.69) is 47.2 Å². The normalized spacial score (nSPS) is 28.2. The summed E-state index contributed by atoms with van der Waals surface area (Å²) in [5, 5.41) is 8.73. The number of nitrogens with one attached hydrogen (secondary N) is 1. The fourth-order valence-electron chi connectivity index (χ4n) is 5.03. The Hall–Kier alpha value is -0.930. The van der Waals surface area contributed by atoms with Gasteiger partial charge in [-0.3, -0.25) is 4.79 Å². The minimum atomic E-state index is -3.54. The number of sulfonamides is 1. The Balaban J connectivity index is 1.68. The number of fused-ring (bicyclic) bond motifs is 2. The highest BCUT2D eigenvalue weighted by atomic mass is 127. The summed E-state index contributed by atoms with van der Waals surface area (Å²) in [6.45, 7) is 4.61. The van der Waals surface area contributed by atoms with Gasteiger partial charge in [-0.15, -0.1) is 0 Å². The summed E-state index contributed by atoms with van der Waals surface area (Å²) in [5.74, 6) is 0.574. The molecule has 0 amide bonds. The van der Waals surface area contributed by atoms with Gasteiger partial charge in [0, 0.05) is 16.0 Å². The number of halogens is 1. The van der Waals surface area contributed by atoms with E-state index in [1.54, 1.807) is 12.1 Å². The number of carboxylic acids is 1. The van der Waals surface area contributed by atoms with Crippen LogP contribution in [0.3, 0.4) is 0 Å². The number of benzene rings is 1. The summed E-state index contributed by atoms with van der Waals surface area (Å²) in [6.07, 6.45) is 8.61. The maximum absolute atomic E-state index is 12.9. The second-order valence-electron chi connectivity index (χ2n) is 8.93. The fraction of sp³-hybridized carbons (Fsp3) is 0.591. The predicted octanol–water partition coefficient (Wildman–Crippen LogP) is 4.82. The molecule has 1 aromatic carbocycles. The molecule has 0 aliphatic heterocycles. The zero-order chi connectivity index (χ0) is 21.2. The molecule has 3 fully saturated rings. The molecule has 29 heavy (non-hydrogen) atoms. The summed E-state index contributed by atoms with van der Waals surface area (Å²) in [5.41, 5.74) is 0.257. The van der Waals surface area contributed by atoms with Crippen LogP contribution in [-0.4, -0.2) is 25.5 Å². The van der Waals surface area contributed by atoms with Crippen molar-refractivity contribution in [3.63, 3.8) is 0 Å². The van der Waals surface area contributed by atoms with Crippen molar-refractivity contribution in [2.45, 2.75) is 63.3 Å². The number of unbranched alkanes of at least 4 members (excludes halogenated alkanes) is 1. The predicted molar refractivity (Wildman–Crippen MR) is 122 cm³/mol. The van der Waals surface area contributed by atoms with E-state index in [1.807, 2.05) is 18.2 Å². The second-order valence-corrected chi connectivity index (χ2v) is 11.9. The van der Waals surface area contributed by atoms with Gasteiger partial charge in [0.05, 0.1) is 4.90 Å². The molecular weight excluding hydrogens is 501 g/mol. The first-order valence-electron chi connectivity index (χ1n) is 10.3. The van der Waals surface area contributed by atoms with Gasteiger partial charge >= 0.3 is 5.97 Å². The number of carboxylic acid groups (broad SMARTS) is 1. The maximum Gasteiger partial charge on any atom is 0.303 e. The van der Waals surface area contributed by atoms with E-state index in [4.69, 9.17) is 5.11 Å². The Morgan fingerprint density at radius 1 is 1.24 bits per heavy atom. The van der Waals surface area contributed by atoms with Crippen molar-refractivity contribution >= 4 is 38.6 Å². The van der Waals surface area contributed by atoms with Gasteiger partial charge in [-0.1, -0.05) is 26.0 Å². The molecule has 0 unspecified atom stereocenters. The van der Waals surface area contributed by atoms with Crippen molar-refractivity contribution in [1.29, 1.82) is 0 Å². The van der Waals surface area contributed by atoms with Crippen molar-refractivity contribution in [2.24, 2.45) is 23.2 Å². The molecule has 7 heteroatoms. The molecule has 160 valence electrons. The van der Waals surface area contributed by atoms with Crippen LogP contribution in [0.2, 0.25) is 0 Å². The van der Waals surface area contributed by atoms with Crippen LogP contribution >= 0.6 is 22.6 Å². The van der Waals surface area contributed by atoms with Crippen LogP contribution in [-0.2, 0) is 14.8 Å². The highest BCUT2D eigenvalue weighted by Crippen LogP contribution is 2.62. The van der Waals surface area contributed by atoms with E-state index in [9.17, 15) is 13.2 Å². The SMILES string of the molecule is CC1(C)[C@H]2C[C@H](NS(=O)(=O)c3ccc(I)cc3)[C@H](C/C=C/CCCC(=O)O)[C@H]1C2. The average Bonchev–Trinajstić information content (AvgIpc) is 2.64. The first kappa shape index (κ1) is 22.7. The van der Waals surface area contributed by atoms with Crippen LogP contribution in [0, 0.1) is 26.7 Å². The van der Waals surface area contributed by atoms with Gasteiger partial charge in [0.1, 0.15) is 0 Å². The Morgan fingerprint density at radius 2 is 1.93 bits per heavy atom. The summed E-state index contributed by atoms with van der Waals surface area (Å²) in [4.78, 5) is 10.9. The third-order valence-corrected chi connectivity index (χ3v) is 9.11. The first-order chi connectivity index (χ1) is 13.6. The van der Waals surface area contributed by atoms with Crippen LogP contribution in [0.4, 0.5) is 0 Å². The topological polar surface area (TPSA) is 83.5 Å². The molecule has 0 heterocycles. The van der Waals surface area contributed by atoms with Gasteiger partial charge in [-0.25, -0.2) is 13.1 Å². The largest absolute Gasteiger partial charge is 0.481 e. The second kappa shape index (κ2) is 9.06. The fourth-order valence-corrected chi connectivity index (χ4v) is 6.69. The molecule has 0 saturated heterocycles. The van der Waals surface area contributed by atoms with Gasteiger partial charge in [0.25, 0.3) is 0 Å². The van der Waals surface area contributed by atoms with Crippen LogP contribution < -0.4 is 4.72 Å². The van der Waals surface area contributed by atoms with Crippen LogP contribution in [0.5, 0.6) is 0 Å². The summed E-state index contributed by atoms with van der Waals surface area (Å²) in [6, 6.07) is 6.89. The molecule has 0 spiro atoms. The van der Waals surface area contributed by atoms with Gasteiger partial charge in [0.2, 0.25) is 10.0 Å². The van der Waals surface area contributed by atoms with Gasteiger partial charge in [-0.2, -0.15) is 0 Å². The molecule has 0 aromatic heterocycles. The van der Waals surface area contributed by atoms with E-state index >= 15 is 0 Å². The van der Waals surface area contributed by atoms with Crippen molar-refractivity contribution < 1.29 is 18.3 Å². The van der Waals surface area contributed by atoms with Crippen molar-refractivity contribution in [3.05, 3.63) is 40.0 Å². The molecule has 4 rings (SSSR count). The zero-order valence-electron chi connectivity index (χ0n) is 17.0. The molecule has 1 aromatic rings. The van der Waals surface area contributed by atoms with Gasteiger partial charge in [0.15, 0.2) is 0 Å². The monoisotopic (exact) mass is 531 g/mol. The van der Waals surface area contributed by atoms with Crippen molar-refractivity contribution in [1.82, 2.24) is 4.72 Å².